The van der Waals surface area contributed by atoms with E-state index < -0.39 is 0 Å². The maximum atomic E-state index is 4.59. The third kappa shape index (κ3) is 2.75. The third-order valence-electron chi connectivity index (χ3n) is 2.96. The van der Waals surface area contributed by atoms with E-state index in [4.69, 9.17) is 0 Å². The topological polar surface area (TPSA) is 37.8 Å². The zero-order valence-corrected chi connectivity index (χ0v) is 10.3. The number of likely N-dealkylation sites (N-methyl/N-ethyl adjacent to an activating group) is 1. The monoisotopic (exact) mass is 207 g/mol. The normalized spacial score (nSPS) is 15.0. The Hall–Kier alpha value is -0.960. The molecule has 0 aliphatic carbocycles. The van der Waals surface area contributed by atoms with E-state index in [0.29, 0.717) is 12.0 Å². The molecule has 0 amide bonds. The molecule has 15 heavy (non-hydrogen) atoms. The largest absolute Gasteiger partial charge is 0.316 e. The Morgan fingerprint density at radius 1 is 1.40 bits per heavy atom. The molecule has 0 spiro atoms. The highest BCUT2D eigenvalue weighted by Gasteiger charge is 2.19. The second-order valence-corrected chi connectivity index (χ2v) is 4.07. The van der Waals surface area contributed by atoms with E-state index in [9.17, 15) is 0 Å². The van der Waals surface area contributed by atoms with E-state index in [1.54, 1.807) is 0 Å². The Kier molecular flexibility index (Phi) is 4.21. The van der Waals surface area contributed by atoms with Crippen LogP contribution in [0, 0.1) is 13.8 Å². The highest BCUT2D eigenvalue weighted by Crippen LogP contribution is 2.21. The Balaban J connectivity index is 2.98. The molecule has 1 aromatic rings. The maximum Gasteiger partial charge on any atom is 0.0662 e. The van der Waals surface area contributed by atoms with Gasteiger partial charge in [-0.2, -0.15) is 0 Å². The van der Waals surface area contributed by atoms with Gasteiger partial charge in [0.1, 0.15) is 0 Å². The highest BCUT2D eigenvalue weighted by molar-refractivity contribution is 5.17. The van der Waals surface area contributed by atoms with Crippen molar-refractivity contribution in [2.75, 3.05) is 7.05 Å². The fourth-order valence-corrected chi connectivity index (χ4v) is 1.99. The van der Waals surface area contributed by atoms with Crippen molar-refractivity contribution in [2.45, 2.75) is 46.1 Å². The lowest BCUT2D eigenvalue weighted by Crippen LogP contribution is -2.31. The van der Waals surface area contributed by atoms with Crippen LogP contribution in [-0.4, -0.2) is 23.1 Å². The van der Waals surface area contributed by atoms with Crippen LogP contribution in [-0.2, 0) is 0 Å². The van der Waals surface area contributed by atoms with E-state index in [1.165, 1.54) is 0 Å². The molecule has 0 radical (unpaired) electrons. The zero-order valence-electron chi connectivity index (χ0n) is 10.3. The lowest BCUT2D eigenvalue weighted by atomic mass is 9.94. The van der Waals surface area contributed by atoms with E-state index in [1.807, 2.05) is 27.1 Å². The Bertz CT molecular complexity index is 319. The van der Waals surface area contributed by atoms with Crippen molar-refractivity contribution in [1.29, 1.82) is 0 Å². The van der Waals surface area contributed by atoms with Gasteiger partial charge in [-0.3, -0.25) is 9.97 Å². The number of rotatable bonds is 4. The van der Waals surface area contributed by atoms with Crippen LogP contribution in [0.2, 0.25) is 0 Å². The quantitative estimate of drug-likeness (QED) is 0.822. The first-order valence-electron chi connectivity index (χ1n) is 5.57. The Labute approximate surface area is 92.3 Å². The van der Waals surface area contributed by atoms with Crippen LogP contribution in [0.15, 0.2) is 6.20 Å². The van der Waals surface area contributed by atoms with Gasteiger partial charge >= 0.3 is 0 Å². The molecular formula is C12H21N3. The summed E-state index contributed by atoms with van der Waals surface area (Å²) in [4.78, 5) is 8.95. The molecule has 1 N–H and O–H groups in total. The minimum absolute atomic E-state index is 0.410. The van der Waals surface area contributed by atoms with Gasteiger partial charge in [0.15, 0.2) is 0 Å². The lowest BCUT2D eigenvalue weighted by Gasteiger charge is -2.22. The summed E-state index contributed by atoms with van der Waals surface area (Å²) in [5.41, 5.74) is 3.16. The molecule has 3 heteroatoms. The molecule has 0 bridgehead atoms. The summed E-state index contributed by atoms with van der Waals surface area (Å²) in [6.07, 6.45) is 2.93. The highest BCUT2D eigenvalue weighted by atomic mass is 14.9. The van der Waals surface area contributed by atoms with Crippen molar-refractivity contribution >= 4 is 0 Å². The van der Waals surface area contributed by atoms with Crippen LogP contribution < -0.4 is 5.32 Å². The second-order valence-electron chi connectivity index (χ2n) is 4.07. The fourth-order valence-electron chi connectivity index (χ4n) is 1.99. The summed E-state index contributed by atoms with van der Waals surface area (Å²) in [6, 6.07) is 0.472. The average molecular weight is 207 g/mol. The minimum atomic E-state index is 0.410. The van der Waals surface area contributed by atoms with Crippen LogP contribution in [0.3, 0.4) is 0 Å². The Morgan fingerprint density at radius 3 is 2.60 bits per heavy atom. The van der Waals surface area contributed by atoms with Crippen molar-refractivity contribution in [3.8, 4) is 0 Å². The molecule has 0 saturated carbocycles. The van der Waals surface area contributed by atoms with Crippen molar-refractivity contribution in [1.82, 2.24) is 15.3 Å². The first kappa shape index (κ1) is 12.1. The summed E-state index contributed by atoms with van der Waals surface area (Å²) >= 11 is 0. The average Bonchev–Trinajstić information content (AvgIpc) is 2.23. The van der Waals surface area contributed by atoms with Gasteiger partial charge in [0.05, 0.1) is 17.1 Å². The molecule has 2 atom stereocenters. The number of nitrogens with zero attached hydrogens (tertiary/aromatic N) is 2. The van der Waals surface area contributed by atoms with E-state index in [2.05, 4.69) is 29.1 Å². The Morgan fingerprint density at radius 2 is 2.07 bits per heavy atom. The molecule has 0 aromatic carbocycles. The van der Waals surface area contributed by atoms with Gasteiger partial charge in [0.2, 0.25) is 0 Å². The summed E-state index contributed by atoms with van der Waals surface area (Å²) in [5.74, 6) is 0.410. The van der Waals surface area contributed by atoms with Gasteiger partial charge in [-0.05, 0) is 27.3 Å². The predicted octanol–water partition coefficient (Wildman–Crippen LogP) is 2.19. The molecule has 1 heterocycles. The SMILES string of the molecule is CCC(NC)C(C)c1nc(C)cnc1C. The molecule has 0 aliphatic rings. The maximum absolute atomic E-state index is 4.59. The molecule has 2 unspecified atom stereocenters. The van der Waals surface area contributed by atoms with Gasteiger partial charge in [0.25, 0.3) is 0 Å². The summed E-state index contributed by atoms with van der Waals surface area (Å²) in [6.45, 7) is 8.42. The molecule has 0 fully saturated rings. The molecule has 0 saturated heterocycles. The van der Waals surface area contributed by atoms with Gasteiger partial charge < -0.3 is 5.32 Å². The van der Waals surface area contributed by atoms with E-state index >= 15 is 0 Å². The molecular weight excluding hydrogens is 186 g/mol. The molecule has 1 rings (SSSR count). The second kappa shape index (κ2) is 5.21. The summed E-state index contributed by atoms with van der Waals surface area (Å²) in [5, 5.41) is 3.33. The minimum Gasteiger partial charge on any atom is -0.316 e. The molecule has 84 valence electrons. The molecule has 3 nitrogen and oxygen atoms in total. The summed E-state index contributed by atoms with van der Waals surface area (Å²) < 4.78 is 0. The standard InChI is InChI=1S/C12H21N3/c1-6-11(13-5)9(3)12-10(4)14-7-8(2)15-12/h7,9,11,13H,6H2,1-5H3. The first-order chi connectivity index (χ1) is 7.10. The van der Waals surface area contributed by atoms with Crippen LogP contribution >= 0.6 is 0 Å². The number of aromatic nitrogens is 2. The van der Waals surface area contributed by atoms with Crippen molar-refractivity contribution in [2.24, 2.45) is 0 Å². The van der Waals surface area contributed by atoms with Crippen LogP contribution in [0.1, 0.15) is 43.3 Å². The first-order valence-corrected chi connectivity index (χ1v) is 5.57. The third-order valence-corrected chi connectivity index (χ3v) is 2.96. The van der Waals surface area contributed by atoms with Gasteiger partial charge in [0, 0.05) is 18.2 Å². The van der Waals surface area contributed by atoms with Gasteiger partial charge in [-0.1, -0.05) is 13.8 Å². The number of hydrogen-bond acceptors (Lipinski definition) is 3. The van der Waals surface area contributed by atoms with Gasteiger partial charge in [-0.15, -0.1) is 0 Å². The van der Waals surface area contributed by atoms with E-state index in [0.717, 1.165) is 23.5 Å². The number of aryl methyl sites for hydroxylation is 2. The smallest absolute Gasteiger partial charge is 0.0662 e. The fraction of sp³-hybridized carbons (Fsp3) is 0.667. The van der Waals surface area contributed by atoms with Crippen molar-refractivity contribution in [3.63, 3.8) is 0 Å². The van der Waals surface area contributed by atoms with Gasteiger partial charge in [-0.25, -0.2) is 0 Å². The zero-order chi connectivity index (χ0) is 11.4. The van der Waals surface area contributed by atoms with Crippen molar-refractivity contribution in [3.05, 3.63) is 23.3 Å². The molecule has 1 aromatic heterocycles. The van der Waals surface area contributed by atoms with Crippen LogP contribution in [0.5, 0.6) is 0 Å². The lowest BCUT2D eigenvalue weighted by molar-refractivity contribution is 0.462. The number of hydrogen-bond donors (Lipinski definition) is 1. The van der Waals surface area contributed by atoms with Crippen molar-refractivity contribution < 1.29 is 0 Å². The molecule has 0 aliphatic heterocycles. The van der Waals surface area contributed by atoms with Crippen LogP contribution in [0.4, 0.5) is 0 Å². The van der Waals surface area contributed by atoms with E-state index in [-0.39, 0.29) is 0 Å². The van der Waals surface area contributed by atoms with Crippen LogP contribution in [0.25, 0.3) is 0 Å². The number of nitrogens with one attached hydrogen (secondary N) is 1. The predicted molar refractivity (Wildman–Crippen MR) is 63.1 cm³/mol. The summed E-state index contributed by atoms with van der Waals surface area (Å²) in [7, 11) is 2.00.